The average Bonchev–Trinajstić information content (AvgIpc) is 2.34. The fourth-order valence-corrected chi connectivity index (χ4v) is 10.6. The van der Waals surface area contributed by atoms with Crippen LogP contribution in [-0.4, -0.2) is 23.0 Å². The molecule has 0 saturated carbocycles. The quantitative estimate of drug-likeness (QED) is 0.530. The monoisotopic (exact) mass is 338 g/mol. The number of rotatable bonds is 3. The van der Waals surface area contributed by atoms with E-state index in [1.165, 1.54) is 18.2 Å². The zero-order valence-electron chi connectivity index (χ0n) is 12.9. The van der Waals surface area contributed by atoms with Gasteiger partial charge in [-0.05, 0) is 0 Å². The Morgan fingerprint density at radius 2 is 1.68 bits per heavy atom. The van der Waals surface area contributed by atoms with Crippen molar-refractivity contribution in [1.29, 1.82) is 0 Å². The van der Waals surface area contributed by atoms with Gasteiger partial charge >= 0.3 is 126 Å². The predicted molar refractivity (Wildman–Crippen MR) is 89.7 cm³/mol. The molecule has 1 aliphatic rings. The van der Waals surface area contributed by atoms with Crippen molar-refractivity contribution in [1.82, 2.24) is 0 Å². The summed E-state index contributed by atoms with van der Waals surface area (Å²) >= 11 is 0.761. The first kappa shape index (κ1) is 15.1. The first-order chi connectivity index (χ1) is 8.84. The zero-order valence-corrected chi connectivity index (χ0v) is 15.6. The SMILES string of the molecule is CC1=C(C)CC(Cc2ccccc2)([Si](C)(C)C)[Se]C1. The van der Waals surface area contributed by atoms with Gasteiger partial charge in [-0.25, -0.2) is 0 Å². The van der Waals surface area contributed by atoms with Crippen LogP contribution < -0.4 is 0 Å². The van der Waals surface area contributed by atoms with Crippen molar-refractivity contribution in [3.8, 4) is 0 Å². The minimum atomic E-state index is -1.17. The Morgan fingerprint density at radius 1 is 1.05 bits per heavy atom. The summed E-state index contributed by atoms with van der Waals surface area (Å²) in [5, 5.41) is 1.37. The van der Waals surface area contributed by atoms with Crippen molar-refractivity contribution < 1.29 is 0 Å². The molecule has 19 heavy (non-hydrogen) atoms. The van der Waals surface area contributed by atoms with E-state index in [1.54, 1.807) is 16.7 Å². The third-order valence-electron chi connectivity index (χ3n) is 4.54. The maximum atomic E-state index is 2.58. The topological polar surface area (TPSA) is 0 Å². The van der Waals surface area contributed by atoms with E-state index in [-0.39, 0.29) is 0 Å². The number of benzene rings is 1. The van der Waals surface area contributed by atoms with E-state index < -0.39 is 8.07 Å². The molecule has 1 aliphatic heterocycles. The molecule has 0 aromatic heterocycles. The number of allylic oxidation sites excluding steroid dienone is 2. The molecule has 0 amide bonds. The van der Waals surface area contributed by atoms with E-state index in [2.05, 4.69) is 63.8 Å². The number of hydrogen-bond donors (Lipinski definition) is 0. The summed E-state index contributed by atoms with van der Waals surface area (Å²) in [6.45, 7) is 12.4. The fourth-order valence-electron chi connectivity index (χ4n) is 2.79. The van der Waals surface area contributed by atoms with E-state index in [0.717, 1.165) is 15.0 Å². The molecule has 0 bridgehead atoms. The average molecular weight is 337 g/mol. The zero-order chi connectivity index (χ0) is 14.1. The van der Waals surface area contributed by atoms with Gasteiger partial charge in [0.1, 0.15) is 0 Å². The van der Waals surface area contributed by atoms with Gasteiger partial charge in [-0.3, -0.25) is 0 Å². The third-order valence-corrected chi connectivity index (χ3v) is 15.2. The van der Waals surface area contributed by atoms with Crippen LogP contribution in [-0.2, 0) is 6.42 Å². The molecule has 1 aromatic carbocycles. The van der Waals surface area contributed by atoms with Gasteiger partial charge in [0.05, 0.1) is 0 Å². The molecule has 1 aromatic rings. The molecule has 1 unspecified atom stereocenters. The summed E-state index contributed by atoms with van der Waals surface area (Å²) in [5.41, 5.74) is 4.88. The van der Waals surface area contributed by atoms with Crippen LogP contribution in [0, 0.1) is 0 Å². The van der Waals surface area contributed by atoms with Gasteiger partial charge in [0.15, 0.2) is 0 Å². The normalized spacial score (nSPS) is 24.7. The van der Waals surface area contributed by atoms with E-state index in [1.807, 2.05) is 0 Å². The minimum absolute atomic E-state index is 0.616. The molecule has 0 nitrogen and oxygen atoms in total. The first-order valence-corrected chi connectivity index (χ1v) is 12.7. The maximum absolute atomic E-state index is 2.58. The molecule has 1 atom stereocenters. The van der Waals surface area contributed by atoms with Crippen molar-refractivity contribution in [3.05, 3.63) is 47.0 Å². The van der Waals surface area contributed by atoms with Gasteiger partial charge in [0.2, 0.25) is 0 Å². The molecule has 0 radical (unpaired) electrons. The van der Waals surface area contributed by atoms with Crippen LogP contribution >= 0.6 is 0 Å². The molecular weight excluding hydrogens is 311 g/mol. The second-order valence-corrected chi connectivity index (χ2v) is 16.1. The van der Waals surface area contributed by atoms with E-state index in [4.69, 9.17) is 0 Å². The van der Waals surface area contributed by atoms with Gasteiger partial charge in [-0.1, -0.05) is 0 Å². The Balaban J connectivity index is 2.33. The van der Waals surface area contributed by atoms with Crippen LogP contribution in [0.4, 0.5) is 0 Å². The summed E-state index contributed by atoms with van der Waals surface area (Å²) in [4.78, 5) is 0. The van der Waals surface area contributed by atoms with Crippen molar-refractivity contribution in [2.45, 2.75) is 55.6 Å². The number of hydrogen-bond acceptors (Lipinski definition) is 0. The van der Waals surface area contributed by atoms with Crippen LogP contribution in [0.2, 0.25) is 28.9 Å². The Morgan fingerprint density at radius 3 is 2.21 bits per heavy atom. The van der Waals surface area contributed by atoms with E-state index in [0.29, 0.717) is 3.94 Å². The third kappa shape index (κ3) is 3.24. The molecule has 1 heterocycles. The van der Waals surface area contributed by atoms with Crippen molar-refractivity contribution in [3.63, 3.8) is 0 Å². The molecule has 0 spiro atoms. The standard InChI is InChI=1S/C17H26SeSi/c1-14-11-17(19(3,4)5,18-13-15(14)2)12-16-9-7-6-8-10-16/h6-10H,11-13H2,1-5H3. The summed E-state index contributed by atoms with van der Waals surface area (Å²) in [6.07, 6.45) is 2.65. The van der Waals surface area contributed by atoms with Crippen molar-refractivity contribution >= 4 is 23.0 Å². The molecule has 0 fully saturated rings. The molecule has 0 N–H and O–H groups in total. The van der Waals surface area contributed by atoms with Crippen LogP contribution in [0.15, 0.2) is 41.5 Å². The Hall–Kier alpha value is -0.304. The van der Waals surface area contributed by atoms with Crippen molar-refractivity contribution in [2.24, 2.45) is 0 Å². The summed E-state index contributed by atoms with van der Waals surface area (Å²) in [6, 6.07) is 11.1. The van der Waals surface area contributed by atoms with Gasteiger partial charge in [0, 0.05) is 0 Å². The summed E-state index contributed by atoms with van der Waals surface area (Å²) < 4.78 is 0.616. The molecule has 2 rings (SSSR count). The Bertz CT molecular complexity index is 470. The van der Waals surface area contributed by atoms with Crippen LogP contribution in [0.5, 0.6) is 0 Å². The first-order valence-electron chi connectivity index (χ1n) is 7.17. The Kier molecular flexibility index (Phi) is 4.44. The predicted octanol–water partition coefficient (Wildman–Crippen LogP) is 5.13. The molecular formula is C17H26SeSi. The van der Waals surface area contributed by atoms with E-state index in [9.17, 15) is 0 Å². The van der Waals surface area contributed by atoms with Crippen LogP contribution in [0.25, 0.3) is 0 Å². The molecule has 0 aliphatic carbocycles. The second kappa shape index (κ2) is 5.59. The fraction of sp³-hybridized carbons (Fsp3) is 0.529. The van der Waals surface area contributed by atoms with Gasteiger partial charge < -0.3 is 0 Å². The second-order valence-electron chi connectivity index (χ2n) is 6.93. The van der Waals surface area contributed by atoms with E-state index >= 15 is 0 Å². The van der Waals surface area contributed by atoms with Gasteiger partial charge in [0.25, 0.3) is 0 Å². The Labute approximate surface area is 125 Å². The summed E-state index contributed by atoms with van der Waals surface area (Å²) in [5.74, 6) is 0. The van der Waals surface area contributed by atoms with Crippen LogP contribution in [0.1, 0.15) is 25.8 Å². The summed E-state index contributed by atoms with van der Waals surface area (Å²) in [7, 11) is -1.17. The molecule has 2 heteroatoms. The molecule has 0 saturated heterocycles. The van der Waals surface area contributed by atoms with Gasteiger partial charge in [-0.15, -0.1) is 0 Å². The molecule has 104 valence electrons. The van der Waals surface area contributed by atoms with Crippen LogP contribution in [0.3, 0.4) is 0 Å². The van der Waals surface area contributed by atoms with Crippen molar-refractivity contribution in [2.75, 3.05) is 0 Å². The van der Waals surface area contributed by atoms with Gasteiger partial charge in [-0.2, -0.15) is 0 Å².